The van der Waals surface area contributed by atoms with Crippen LogP contribution in [0.4, 0.5) is 0 Å². The van der Waals surface area contributed by atoms with Crippen LogP contribution in [0.3, 0.4) is 0 Å². The Hall–Kier alpha value is -3.11. The fraction of sp³-hybridized carbons (Fsp3) is 0.263. The van der Waals surface area contributed by atoms with Gasteiger partial charge in [-0.1, -0.05) is 42.5 Å². The molecule has 2 aromatic carbocycles. The van der Waals surface area contributed by atoms with Crippen molar-refractivity contribution < 1.29 is 13.2 Å². The summed E-state index contributed by atoms with van der Waals surface area (Å²) in [4.78, 5) is 14.5. The summed E-state index contributed by atoms with van der Waals surface area (Å²) in [7, 11) is -3.42. The summed E-state index contributed by atoms with van der Waals surface area (Å²) in [5.74, 6) is 0.237. The molecule has 150 valence electrons. The zero-order valence-electron chi connectivity index (χ0n) is 15.6. The molecule has 4 rings (SSSR count). The van der Waals surface area contributed by atoms with Crippen molar-refractivity contribution in [1.29, 1.82) is 0 Å². The van der Waals surface area contributed by atoms with Gasteiger partial charge in [0.1, 0.15) is 0 Å². The first-order chi connectivity index (χ1) is 14.0. The molecule has 29 heavy (non-hydrogen) atoms. The minimum Gasteiger partial charge on any atom is -0.336 e. The van der Waals surface area contributed by atoms with Crippen molar-refractivity contribution in [1.82, 2.24) is 29.8 Å². The molecular formula is C19H20N6O3S. The van der Waals surface area contributed by atoms with Gasteiger partial charge in [0, 0.05) is 37.3 Å². The zero-order chi connectivity index (χ0) is 20.3. The molecule has 0 aliphatic carbocycles. The van der Waals surface area contributed by atoms with E-state index in [1.807, 2.05) is 18.2 Å². The minimum atomic E-state index is -3.42. The molecule has 1 amide bonds. The first-order valence-electron chi connectivity index (χ1n) is 9.18. The summed E-state index contributed by atoms with van der Waals surface area (Å²) in [6.45, 7) is 1.26. The Morgan fingerprint density at radius 1 is 1.00 bits per heavy atom. The lowest BCUT2D eigenvalue weighted by atomic mass is 10.1. The van der Waals surface area contributed by atoms with Gasteiger partial charge in [0.15, 0.2) is 0 Å². The average molecular weight is 412 g/mol. The van der Waals surface area contributed by atoms with Crippen molar-refractivity contribution in [3.63, 3.8) is 0 Å². The van der Waals surface area contributed by atoms with E-state index in [-0.39, 0.29) is 24.7 Å². The molecule has 1 aromatic heterocycles. The molecule has 0 unspecified atom stereocenters. The number of hydrogen-bond donors (Lipinski definition) is 1. The molecule has 1 N–H and O–H groups in total. The second-order valence-corrected chi connectivity index (χ2v) is 8.72. The van der Waals surface area contributed by atoms with E-state index in [1.165, 1.54) is 4.31 Å². The standard InChI is InChI=1S/C19H20N6O3S/c26-19(17-8-4-7-16(13-17)18-20-22-23-21-18)24-9-11-25(12-10-24)29(27,28)14-15-5-2-1-3-6-15/h1-8,13H,9-12,14H2,(H,20,21,22,23). The topological polar surface area (TPSA) is 112 Å². The molecule has 0 saturated carbocycles. The molecule has 1 aliphatic heterocycles. The van der Waals surface area contributed by atoms with Crippen LogP contribution in [0.25, 0.3) is 11.4 Å². The summed E-state index contributed by atoms with van der Waals surface area (Å²) in [6.07, 6.45) is 0. The van der Waals surface area contributed by atoms with Gasteiger partial charge in [0.05, 0.1) is 5.75 Å². The number of hydrogen-bond acceptors (Lipinski definition) is 6. The Bertz CT molecular complexity index is 1080. The number of nitrogens with one attached hydrogen (secondary N) is 1. The third-order valence-corrected chi connectivity index (χ3v) is 6.67. The smallest absolute Gasteiger partial charge is 0.253 e. The van der Waals surface area contributed by atoms with Crippen molar-refractivity contribution in [2.24, 2.45) is 0 Å². The highest BCUT2D eigenvalue weighted by molar-refractivity contribution is 7.88. The van der Waals surface area contributed by atoms with Crippen LogP contribution in [0.1, 0.15) is 15.9 Å². The van der Waals surface area contributed by atoms with Crippen LogP contribution in [0.15, 0.2) is 54.6 Å². The van der Waals surface area contributed by atoms with Crippen LogP contribution in [0.5, 0.6) is 0 Å². The van der Waals surface area contributed by atoms with Crippen molar-refractivity contribution >= 4 is 15.9 Å². The van der Waals surface area contributed by atoms with Gasteiger partial charge < -0.3 is 4.90 Å². The Kier molecular flexibility index (Phi) is 5.36. The van der Waals surface area contributed by atoms with Gasteiger partial charge in [-0.2, -0.15) is 9.52 Å². The Morgan fingerprint density at radius 3 is 2.45 bits per heavy atom. The fourth-order valence-corrected chi connectivity index (χ4v) is 4.82. The Balaban J connectivity index is 1.41. The van der Waals surface area contributed by atoms with Gasteiger partial charge in [-0.25, -0.2) is 8.42 Å². The maximum Gasteiger partial charge on any atom is 0.253 e. The lowest BCUT2D eigenvalue weighted by molar-refractivity contribution is 0.0698. The van der Waals surface area contributed by atoms with Crippen LogP contribution in [0, 0.1) is 0 Å². The average Bonchev–Trinajstić information content (AvgIpc) is 3.29. The molecule has 0 spiro atoms. The molecule has 2 heterocycles. The lowest BCUT2D eigenvalue weighted by Crippen LogP contribution is -2.50. The molecule has 1 saturated heterocycles. The summed E-state index contributed by atoms with van der Waals surface area (Å²) >= 11 is 0. The van der Waals surface area contributed by atoms with Crippen LogP contribution in [-0.4, -0.2) is 70.3 Å². The number of aromatic nitrogens is 4. The summed E-state index contributed by atoms with van der Waals surface area (Å²) in [5.41, 5.74) is 1.95. The van der Waals surface area contributed by atoms with Gasteiger partial charge in [-0.05, 0) is 22.9 Å². The van der Waals surface area contributed by atoms with E-state index in [0.29, 0.717) is 30.0 Å². The van der Waals surface area contributed by atoms with Crippen LogP contribution < -0.4 is 0 Å². The van der Waals surface area contributed by atoms with E-state index in [4.69, 9.17) is 0 Å². The van der Waals surface area contributed by atoms with E-state index in [0.717, 1.165) is 5.56 Å². The monoisotopic (exact) mass is 412 g/mol. The molecule has 1 fully saturated rings. The third kappa shape index (κ3) is 4.33. The van der Waals surface area contributed by atoms with E-state index >= 15 is 0 Å². The highest BCUT2D eigenvalue weighted by atomic mass is 32.2. The van der Waals surface area contributed by atoms with Gasteiger partial charge >= 0.3 is 0 Å². The van der Waals surface area contributed by atoms with Crippen LogP contribution in [0.2, 0.25) is 0 Å². The van der Waals surface area contributed by atoms with Gasteiger partial charge in [0.2, 0.25) is 15.8 Å². The second kappa shape index (κ2) is 8.10. The number of benzene rings is 2. The highest BCUT2D eigenvalue weighted by Gasteiger charge is 2.29. The Labute approximate surface area is 168 Å². The predicted molar refractivity (Wildman–Crippen MR) is 106 cm³/mol. The predicted octanol–water partition coefficient (Wildman–Crippen LogP) is 1.15. The molecule has 0 bridgehead atoms. The number of sulfonamides is 1. The number of tetrazole rings is 1. The number of nitrogens with zero attached hydrogens (tertiary/aromatic N) is 5. The molecule has 1 aliphatic rings. The molecule has 10 heteroatoms. The quantitative estimate of drug-likeness (QED) is 0.673. The minimum absolute atomic E-state index is 0.0332. The highest BCUT2D eigenvalue weighted by Crippen LogP contribution is 2.18. The van der Waals surface area contributed by atoms with E-state index < -0.39 is 10.0 Å². The number of piperazine rings is 1. The lowest BCUT2D eigenvalue weighted by Gasteiger charge is -2.34. The normalized spacial score (nSPS) is 15.4. The summed E-state index contributed by atoms with van der Waals surface area (Å²) in [6, 6.07) is 16.1. The van der Waals surface area contributed by atoms with Gasteiger partial charge in [-0.3, -0.25) is 4.79 Å². The van der Waals surface area contributed by atoms with E-state index in [2.05, 4.69) is 20.6 Å². The number of H-pyrrole nitrogens is 1. The fourth-order valence-electron chi connectivity index (χ4n) is 3.30. The number of rotatable bonds is 5. The number of carbonyl (C=O) groups is 1. The van der Waals surface area contributed by atoms with Crippen molar-refractivity contribution in [2.45, 2.75) is 5.75 Å². The second-order valence-electron chi connectivity index (χ2n) is 6.75. The summed E-state index contributed by atoms with van der Waals surface area (Å²) < 4.78 is 26.8. The van der Waals surface area contributed by atoms with Gasteiger partial charge in [-0.15, -0.1) is 10.2 Å². The van der Waals surface area contributed by atoms with Crippen molar-refractivity contribution in [3.05, 3.63) is 65.7 Å². The summed E-state index contributed by atoms with van der Waals surface area (Å²) in [5, 5.41) is 13.8. The zero-order valence-corrected chi connectivity index (χ0v) is 16.4. The van der Waals surface area contributed by atoms with E-state index in [1.54, 1.807) is 41.3 Å². The molecule has 0 atom stereocenters. The number of amides is 1. The third-order valence-electron chi connectivity index (χ3n) is 4.82. The molecule has 3 aromatic rings. The SMILES string of the molecule is O=C(c1cccc(-c2nn[nH]n2)c1)N1CCN(S(=O)(=O)Cc2ccccc2)CC1. The van der Waals surface area contributed by atoms with Crippen LogP contribution in [-0.2, 0) is 15.8 Å². The maximum absolute atomic E-state index is 12.9. The van der Waals surface area contributed by atoms with Crippen molar-refractivity contribution in [2.75, 3.05) is 26.2 Å². The van der Waals surface area contributed by atoms with Gasteiger partial charge in [0.25, 0.3) is 5.91 Å². The Morgan fingerprint density at radius 2 is 1.76 bits per heavy atom. The molecule has 0 radical (unpaired) electrons. The largest absolute Gasteiger partial charge is 0.336 e. The van der Waals surface area contributed by atoms with Crippen LogP contribution >= 0.6 is 0 Å². The molecule has 9 nitrogen and oxygen atoms in total. The number of aromatic amines is 1. The first-order valence-corrected chi connectivity index (χ1v) is 10.8. The molecular weight excluding hydrogens is 392 g/mol. The van der Waals surface area contributed by atoms with E-state index in [9.17, 15) is 13.2 Å². The number of carbonyl (C=O) groups excluding carboxylic acids is 1. The van der Waals surface area contributed by atoms with Crippen molar-refractivity contribution in [3.8, 4) is 11.4 Å². The maximum atomic E-state index is 12.9. The first kappa shape index (κ1) is 19.2.